The first-order valence-corrected chi connectivity index (χ1v) is 6.99. The first-order valence-electron chi connectivity index (χ1n) is 5.38. The normalized spacial score (nSPS) is 21.8. The number of carbonyl (C=O) groups is 1. The minimum atomic E-state index is -3.53. The van der Waals surface area contributed by atoms with Gasteiger partial charge in [0.1, 0.15) is 0 Å². The Bertz CT molecular complexity index is 558. The van der Waals surface area contributed by atoms with E-state index in [-0.39, 0.29) is 11.7 Å². The van der Waals surface area contributed by atoms with E-state index in [1.807, 2.05) is 6.92 Å². The maximum atomic E-state index is 12.1. The minimum Gasteiger partial charge on any atom is -0.273 e. The lowest BCUT2D eigenvalue weighted by Gasteiger charge is -2.17. The number of amides is 1. The quantitative estimate of drug-likeness (QED) is 0.765. The number of rotatable bonds is 1. The van der Waals surface area contributed by atoms with Crippen LogP contribution in [0.25, 0.3) is 0 Å². The van der Waals surface area contributed by atoms with E-state index in [1.165, 1.54) is 0 Å². The van der Waals surface area contributed by atoms with Gasteiger partial charge in [-0.1, -0.05) is 17.7 Å². The van der Waals surface area contributed by atoms with Crippen molar-refractivity contribution in [2.45, 2.75) is 20.8 Å². The number of benzene rings is 1. The maximum Gasteiger partial charge on any atom is 0.247 e. The third-order valence-corrected chi connectivity index (χ3v) is 4.87. The van der Waals surface area contributed by atoms with E-state index in [0.29, 0.717) is 5.69 Å². The van der Waals surface area contributed by atoms with Crippen molar-refractivity contribution >= 4 is 21.6 Å². The molecule has 0 aromatic heterocycles. The Balaban J connectivity index is 2.52. The van der Waals surface area contributed by atoms with Crippen molar-refractivity contribution in [3.05, 3.63) is 29.8 Å². The van der Waals surface area contributed by atoms with Gasteiger partial charge in [0.15, 0.2) is 0 Å². The molecule has 0 spiro atoms. The largest absolute Gasteiger partial charge is 0.273 e. The number of sulfonamides is 1. The van der Waals surface area contributed by atoms with Crippen molar-refractivity contribution < 1.29 is 13.2 Å². The third-order valence-electron chi connectivity index (χ3n) is 2.85. The predicted octanol–water partition coefficient (Wildman–Crippen LogP) is 1.70. The molecule has 0 N–H and O–H groups in total. The fourth-order valence-corrected chi connectivity index (χ4v) is 4.05. The van der Waals surface area contributed by atoms with Gasteiger partial charge in [-0.25, -0.2) is 12.7 Å². The molecule has 0 saturated carbocycles. The van der Waals surface area contributed by atoms with Gasteiger partial charge in [0.2, 0.25) is 15.9 Å². The Kier molecular flexibility index (Phi) is 2.54. The number of hydrogen-bond donors (Lipinski definition) is 0. The van der Waals surface area contributed by atoms with Crippen LogP contribution in [0.2, 0.25) is 0 Å². The van der Waals surface area contributed by atoms with Gasteiger partial charge in [0, 0.05) is 0 Å². The summed E-state index contributed by atoms with van der Waals surface area (Å²) in [5.41, 5.74) is 0.604. The SMILES string of the molecule is Cc1ccc(N2C(=O)C(C)(C)CS2(=O)=O)cc1. The third kappa shape index (κ3) is 1.95. The number of hydrogen-bond acceptors (Lipinski definition) is 3. The molecular weight excluding hydrogens is 238 g/mol. The van der Waals surface area contributed by atoms with Crippen LogP contribution < -0.4 is 4.31 Å². The zero-order valence-electron chi connectivity index (χ0n) is 10.1. The summed E-state index contributed by atoms with van der Waals surface area (Å²) < 4.78 is 24.9. The molecule has 1 aliphatic heterocycles. The zero-order chi connectivity index (χ0) is 12.8. The van der Waals surface area contributed by atoms with Crippen LogP contribution >= 0.6 is 0 Å². The summed E-state index contributed by atoms with van der Waals surface area (Å²) in [6.45, 7) is 5.22. The molecule has 1 saturated heterocycles. The summed E-state index contributed by atoms with van der Waals surface area (Å²) in [6, 6.07) is 6.91. The van der Waals surface area contributed by atoms with Crippen molar-refractivity contribution in [3.63, 3.8) is 0 Å². The Morgan fingerprint density at radius 1 is 1.18 bits per heavy atom. The first-order chi connectivity index (χ1) is 7.74. The molecule has 5 heteroatoms. The van der Waals surface area contributed by atoms with Gasteiger partial charge < -0.3 is 0 Å². The fraction of sp³-hybridized carbons (Fsp3) is 0.417. The van der Waals surface area contributed by atoms with Crippen molar-refractivity contribution in [3.8, 4) is 0 Å². The minimum absolute atomic E-state index is 0.132. The van der Waals surface area contributed by atoms with Gasteiger partial charge in [-0.15, -0.1) is 0 Å². The molecule has 92 valence electrons. The van der Waals surface area contributed by atoms with E-state index in [2.05, 4.69) is 0 Å². The van der Waals surface area contributed by atoms with Gasteiger partial charge in [0.25, 0.3) is 0 Å². The van der Waals surface area contributed by atoms with E-state index in [9.17, 15) is 13.2 Å². The van der Waals surface area contributed by atoms with Crippen LogP contribution in [-0.4, -0.2) is 20.1 Å². The van der Waals surface area contributed by atoms with Gasteiger partial charge in [-0.3, -0.25) is 4.79 Å². The van der Waals surface area contributed by atoms with Crippen LogP contribution in [0.4, 0.5) is 5.69 Å². The molecule has 1 aromatic rings. The second-order valence-corrected chi connectivity index (χ2v) is 6.86. The zero-order valence-corrected chi connectivity index (χ0v) is 10.9. The summed E-state index contributed by atoms with van der Waals surface area (Å²) in [7, 11) is -3.53. The van der Waals surface area contributed by atoms with Gasteiger partial charge in [0.05, 0.1) is 16.9 Å². The van der Waals surface area contributed by atoms with E-state index in [1.54, 1.807) is 38.1 Å². The van der Waals surface area contributed by atoms with Crippen LogP contribution in [0.1, 0.15) is 19.4 Å². The molecule has 2 rings (SSSR count). The first kappa shape index (κ1) is 12.1. The molecule has 1 fully saturated rings. The van der Waals surface area contributed by atoms with E-state index < -0.39 is 15.4 Å². The van der Waals surface area contributed by atoms with Gasteiger partial charge >= 0.3 is 0 Å². The topological polar surface area (TPSA) is 54.5 Å². The molecule has 0 aliphatic carbocycles. The molecular formula is C12H15NO3S. The molecule has 0 radical (unpaired) electrons. The Morgan fingerprint density at radius 3 is 2.12 bits per heavy atom. The summed E-state index contributed by atoms with van der Waals surface area (Å²) in [4.78, 5) is 12.1. The number of aryl methyl sites for hydroxylation is 1. The highest BCUT2D eigenvalue weighted by Crippen LogP contribution is 2.35. The molecule has 1 aromatic carbocycles. The average molecular weight is 253 g/mol. The molecule has 0 atom stereocenters. The Labute approximate surface area is 101 Å². The Hall–Kier alpha value is -1.36. The van der Waals surface area contributed by atoms with Crippen LogP contribution in [0, 0.1) is 12.3 Å². The summed E-state index contributed by atoms with van der Waals surface area (Å²) in [5, 5.41) is 0. The average Bonchev–Trinajstić information content (AvgIpc) is 2.34. The molecule has 0 bridgehead atoms. The van der Waals surface area contributed by atoms with Gasteiger partial charge in [-0.2, -0.15) is 0 Å². The molecule has 4 nitrogen and oxygen atoms in total. The van der Waals surface area contributed by atoms with E-state index in [0.717, 1.165) is 9.87 Å². The highest BCUT2D eigenvalue weighted by atomic mass is 32.2. The number of carbonyl (C=O) groups excluding carboxylic acids is 1. The van der Waals surface area contributed by atoms with Crippen molar-refractivity contribution in [2.24, 2.45) is 5.41 Å². The van der Waals surface area contributed by atoms with Crippen molar-refractivity contribution in [2.75, 3.05) is 10.1 Å². The molecule has 1 amide bonds. The number of anilines is 1. The molecule has 1 heterocycles. The number of nitrogens with zero attached hydrogens (tertiary/aromatic N) is 1. The lowest BCUT2D eigenvalue weighted by molar-refractivity contribution is -0.123. The maximum absolute atomic E-state index is 12.1. The second kappa shape index (κ2) is 3.57. The summed E-state index contributed by atoms with van der Waals surface area (Å²) >= 11 is 0. The predicted molar refractivity (Wildman–Crippen MR) is 66.2 cm³/mol. The molecule has 17 heavy (non-hydrogen) atoms. The molecule has 0 unspecified atom stereocenters. The lowest BCUT2D eigenvalue weighted by atomic mass is 9.95. The van der Waals surface area contributed by atoms with Crippen molar-refractivity contribution in [1.29, 1.82) is 0 Å². The van der Waals surface area contributed by atoms with Gasteiger partial charge in [-0.05, 0) is 32.9 Å². The van der Waals surface area contributed by atoms with Crippen LogP contribution in [0.5, 0.6) is 0 Å². The van der Waals surface area contributed by atoms with Crippen LogP contribution in [0.15, 0.2) is 24.3 Å². The smallest absolute Gasteiger partial charge is 0.247 e. The second-order valence-electron chi connectivity index (χ2n) is 5.05. The highest BCUT2D eigenvalue weighted by molar-refractivity contribution is 7.94. The monoisotopic (exact) mass is 253 g/mol. The van der Waals surface area contributed by atoms with Crippen molar-refractivity contribution in [1.82, 2.24) is 0 Å². The standard InChI is InChI=1S/C12H15NO3S/c1-9-4-6-10(7-5-9)13-11(14)12(2,3)8-17(13,15)16/h4-7H,8H2,1-3H3. The van der Waals surface area contributed by atoms with E-state index >= 15 is 0 Å². The van der Waals surface area contributed by atoms with Crippen LogP contribution in [-0.2, 0) is 14.8 Å². The van der Waals surface area contributed by atoms with E-state index in [4.69, 9.17) is 0 Å². The molecule has 1 aliphatic rings. The summed E-state index contributed by atoms with van der Waals surface area (Å²) in [5.74, 6) is -0.492. The Morgan fingerprint density at radius 2 is 1.71 bits per heavy atom. The summed E-state index contributed by atoms with van der Waals surface area (Å²) in [6.07, 6.45) is 0. The van der Waals surface area contributed by atoms with Crippen LogP contribution in [0.3, 0.4) is 0 Å². The highest BCUT2D eigenvalue weighted by Gasteiger charge is 2.49. The fourth-order valence-electron chi connectivity index (χ4n) is 1.94. The lowest BCUT2D eigenvalue weighted by Crippen LogP contribution is -2.32.